The molecule has 0 fully saturated rings. The Morgan fingerprint density at radius 2 is 1.93 bits per heavy atom. The van der Waals surface area contributed by atoms with Crippen molar-refractivity contribution in [1.82, 2.24) is 10.3 Å². The lowest BCUT2D eigenvalue weighted by Crippen LogP contribution is -2.27. The molecule has 0 unspecified atom stereocenters. The number of carbonyl (C=O) groups excluding carboxylic acids is 1. The second kappa shape index (κ2) is 9.78. The second-order valence-corrected chi connectivity index (χ2v) is 6.86. The first-order chi connectivity index (χ1) is 14.1. The van der Waals surface area contributed by atoms with Gasteiger partial charge < -0.3 is 19.8 Å². The molecule has 0 atom stereocenters. The van der Waals surface area contributed by atoms with Crippen molar-refractivity contribution in [3.63, 3.8) is 0 Å². The van der Waals surface area contributed by atoms with Gasteiger partial charge in [0.2, 0.25) is 5.91 Å². The van der Waals surface area contributed by atoms with Crippen LogP contribution in [0.25, 0.3) is 10.9 Å². The highest BCUT2D eigenvalue weighted by Gasteiger charge is 2.10. The zero-order valence-corrected chi connectivity index (χ0v) is 16.8. The summed E-state index contributed by atoms with van der Waals surface area (Å²) >= 11 is 0. The third-order valence-corrected chi connectivity index (χ3v) is 4.77. The maximum absolute atomic E-state index is 12.4. The minimum absolute atomic E-state index is 0.0447. The molecule has 6 heteroatoms. The van der Waals surface area contributed by atoms with Crippen molar-refractivity contribution in [3.8, 4) is 11.5 Å². The van der Waals surface area contributed by atoms with Crippen LogP contribution in [0.2, 0.25) is 0 Å². The molecule has 0 aliphatic carbocycles. The Balaban J connectivity index is 1.49. The number of rotatable bonds is 9. The molecular weight excluding hydrogens is 368 g/mol. The standard InChI is InChI=1S/C23H26N2O4/c1-16-10-11-20(28-2)22-19(16)15-17(23(27)25-22)12-13-24-21(26)9-6-14-29-18-7-4-3-5-8-18/h3-5,7-8,10-11,15H,6,9,12-14H2,1-2H3,(H,24,26)(H,25,27). The van der Waals surface area contributed by atoms with Crippen molar-refractivity contribution in [3.05, 3.63) is 70.0 Å². The molecule has 0 aliphatic heterocycles. The minimum atomic E-state index is -0.160. The first-order valence-corrected chi connectivity index (χ1v) is 9.72. The molecule has 2 N–H and O–H groups in total. The predicted octanol–water partition coefficient (Wildman–Crippen LogP) is 3.36. The molecule has 0 radical (unpaired) electrons. The summed E-state index contributed by atoms with van der Waals surface area (Å²) in [6.45, 7) is 2.89. The number of aryl methyl sites for hydroxylation is 1. The van der Waals surface area contributed by atoms with Gasteiger partial charge in [-0.3, -0.25) is 9.59 Å². The van der Waals surface area contributed by atoms with Gasteiger partial charge in [-0.1, -0.05) is 24.3 Å². The number of hydrogen-bond acceptors (Lipinski definition) is 4. The Morgan fingerprint density at radius 3 is 2.69 bits per heavy atom. The third-order valence-electron chi connectivity index (χ3n) is 4.77. The van der Waals surface area contributed by atoms with Gasteiger partial charge in [0.05, 0.1) is 19.2 Å². The summed E-state index contributed by atoms with van der Waals surface area (Å²) in [5, 5.41) is 3.82. The number of H-pyrrole nitrogens is 1. The van der Waals surface area contributed by atoms with Crippen LogP contribution in [0.3, 0.4) is 0 Å². The van der Waals surface area contributed by atoms with E-state index in [1.807, 2.05) is 55.5 Å². The average Bonchev–Trinajstić information content (AvgIpc) is 2.73. The van der Waals surface area contributed by atoms with Crippen LogP contribution in [0.5, 0.6) is 11.5 Å². The zero-order valence-electron chi connectivity index (χ0n) is 16.8. The van der Waals surface area contributed by atoms with Crippen LogP contribution >= 0.6 is 0 Å². The van der Waals surface area contributed by atoms with E-state index in [4.69, 9.17) is 9.47 Å². The highest BCUT2D eigenvalue weighted by atomic mass is 16.5. The van der Waals surface area contributed by atoms with E-state index in [-0.39, 0.29) is 11.5 Å². The van der Waals surface area contributed by atoms with Crippen LogP contribution < -0.4 is 20.3 Å². The molecular formula is C23H26N2O4. The largest absolute Gasteiger partial charge is 0.495 e. The molecule has 0 aliphatic rings. The smallest absolute Gasteiger partial charge is 0.251 e. The Morgan fingerprint density at radius 1 is 1.14 bits per heavy atom. The third kappa shape index (κ3) is 5.38. The molecule has 0 spiro atoms. The maximum Gasteiger partial charge on any atom is 0.251 e. The van der Waals surface area contributed by atoms with Crippen LogP contribution in [0.1, 0.15) is 24.0 Å². The number of aromatic amines is 1. The molecule has 0 saturated carbocycles. The van der Waals surface area contributed by atoms with Crippen LogP contribution in [-0.4, -0.2) is 31.2 Å². The van der Waals surface area contributed by atoms with Gasteiger partial charge in [-0.15, -0.1) is 0 Å². The van der Waals surface area contributed by atoms with Crippen LogP contribution in [-0.2, 0) is 11.2 Å². The van der Waals surface area contributed by atoms with Gasteiger partial charge in [0, 0.05) is 23.9 Å². The van der Waals surface area contributed by atoms with Gasteiger partial charge in [0.15, 0.2) is 0 Å². The highest BCUT2D eigenvalue weighted by molar-refractivity contribution is 5.87. The zero-order chi connectivity index (χ0) is 20.6. The summed E-state index contributed by atoms with van der Waals surface area (Å²) < 4.78 is 10.9. The molecule has 1 amide bonds. The summed E-state index contributed by atoms with van der Waals surface area (Å²) in [5.74, 6) is 1.40. The Labute approximate surface area is 169 Å². The molecule has 0 bridgehead atoms. The maximum atomic E-state index is 12.4. The SMILES string of the molecule is COc1ccc(C)c2cc(CCNC(=O)CCCOc3ccccc3)c(=O)[nH]c12. The highest BCUT2D eigenvalue weighted by Crippen LogP contribution is 2.25. The van der Waals surface area contributed by atoms with Gasteiger partial charge >= 0.3 is 0 Å². The van der Waals surface area contributed by atoms with Crippen molar-refractivity contribution in [2.75, 3.05) is 20.3 Å². The van der Waals surface area contributed by atoms with Gasteiger partial charge in [-0.2, -0.15) is 0 Å². The first kappa shape index (κ1) is 20.5. The van der Waals surface area contributed by atoms with Gasteiger partial charge in [0.25, 0.3) is 5.56 Å². The number of aromatic nitrogens is 1. The lowest BCUT2D eigenvalue weighted by atomic mass is 10.1. The quantitative estimate of drug-likeness (QED) is 0.546. The monoisotopic (exact) mass is 394 g/mol. The fourth-order valence-corrected chi connectivity index (χ4v) is 3.17. The number of methoxy groups -OCH3 is 1. The fraction of sp³-hybridized carbons (Fsp3) is 0.304. The summed E-state index contributed by atoms with van der Waals surface area (Å²) in [5.41, 5.74) is 2.23. The summed E-state index contributed by atoms with van der Waals surface area (Å²) in [6.07, 6.45) is 1.49. The topological polar surface area (TPSA) is 80.4 Å². The molecule has 1 heterocycles. The summed E-state index contributed by atoms with van der Waals surface area (Å²) in [6, 6.07) is 15.2. The van der Waals surface area contributed by atoms with Gasteiger partial charge in [-0.25, -0.2) is 0 Å². The molecule has 29 heavy (non-hydrogen) atoms. The van der Waals surface area contributed by atoms with Crippen molar-refractivity contribution >= 4 is 16.8 Å². The molecule has 1 aromatic heterocycles. The van der Waals surface area contributed by atoms with Crippen LogP contribution in [0, 0.1) is 6.92 Å². The number of carbonyl (C=O) groups is 1. The fourth-order valence-electron chi connectivity index (χ4n) is 3.17. The molecule has 3 aromatic rings. The lowest BCUT2D eigenvalue weighted by Gasteiger charge is -2.10. The normalized spacial score (nSPS) is 10.7. The van der Waals surface area contributed by atoms with Crippen molar-refractivity contribution < 1.29 is 14.3 Å². The number of pyridine rings is 1. The van der Waals surface area contributed by atoms with E-state index in [0.717, 1.165) is 16.7 Å². The molecule has 3 rings (SSSR count). The Hall–Kier alpha value is -3.28. The molecule has 0 saturated heterocycles. The number of benzene rings is 2. The summed E-state index contributed by atoms with van der Waals surface area (Å²) in [4.78, 5) is 27.3. The van der Waals surface area contributed by atoms with Crippen LogP contribution in [0.4, 0.5) is 0 Å². The van der Waals surface area contributed by atoms with E-state index >= 15 is 0 Å². The lowest BCUT2D eigenvalue weighted by molar-refractivity contribution is -0.121. The summed E-state index contributed by atoms with van der Waals surface area (Å²) in [7, 11) is 1.58. The average molecular weight is 394 g/mol. The van der Waals surface area contributed by atoms with E-state index in [2.05, 4.69) is 10.3 Å². The van der Waals surface area contributed by atoms with Gasteiger partial charge in [0.1, 0.15) is 11.5 Å². The number of ether oxygens (including phenoxy) is 2. The molecule has 6 nitrogen and oxygen atoms in total. The van der Waals surface area contributed by atoms with E-state index in [0.29, 0.717) is 49.2 Å². The minimum Gasteiger partial charge on any atom is -0.495 e. The number of amides is 1. The Bertz CT molecular complexity index is 1030. The molecule has 2 aromatic carbocycles. The Kier molecular flexibility index (Phi) is 6.89. The van der Waals surface area contributed by atoms with Gasteiger partial charge in [-0.05, 0) is 49.6 Å². The predicted molar refractivity (Wildman–Crippen MR) is 114 cm³/mol. The number of hydrogen-bond donors (Lipinski definition) is 2. The number of nitrogens with one attached hydrogen (secondary N) is 2. The van der Waals surface area contributed by atoms with E-state index in [1.54, 1.807) is 7.11 Å². The second-order valence-electron chi connectivity index (χ2n) is 6.86. The van der Waals surface area contributed by atoms with Crippen molar-refractivity contribution in [2.45, 2.75) is 26.2 Å². The van der Waals surface area contributed by atoms with Crippen molar-refractivity contribution in [2.24, 2.45) is 0 Å². The van der Waals surface area contributed by atoms with E-state index in [1.165, 1.54) is 0 Å². The molecule has 152 valence electrons. The number of fused-ring (bicyclic) bond motifs is 1. The number of para-hydroxylation sites is 1. The van der Waals surface area contributed by atoms with Crippen molar-refractivity contribution in [1.29, 1.82) is 0 Å². The van der Waals surface area contributed by atoms with E-state index in [9.17, 15) is 9.59 Å². The van der Waals surface area contributed by atoms with Crippen LogP contribution in [0.15, 0.2) is 53.3 Å². The first-order valence-electron chi connectivity index (χ1n) is 9.72. The van der Waals surface area contributed by atoms with E-state index < -0.39 is 0 Å².